The van der Waals surface area contributed by atoms with E-state index in [2.05, 4.69) is 18.7 Å². The number of likely N-dealkylation sites (tertiary alicyclic amines) is 1. The van der Waals surface area contributed by atoms with Gasteiger partial charge in [-0.3, -0.25) is 4.79 Å². The molecule has 3 heteroatoms. The van der Waals surface area contributed by atoms with E-state index in [1.807, 2.05) is 0 Å². The summed E-state index contributed by atoms with van der Waals surface area (Å²) in [5, 5.41) is 0. The van der Waals surface area contributed by atoms with Gasteiger partial charge in [-0.2, -0.15) is 0 Å². The average molecular weight is 198 g/mol. The number of carbonyl (C=O) groups is 1. The molecular formula is C11H22N2O. The predicted molar refractivity (Wildman–Crippen MR) is 57.9 cm³/mol. The lowest BCUT2D eigenvalue weighted by Crippen LogP contribution is -2.36. The van der Waals surface area contributed by atoms with Gasteiger partial charge in [0.2, 0.25) is 5.91 Å². The zero-order valence-electron chi connectivity index (χ0n) is 9.33. The zero-order valence-corrected chi connectivity index (χ0v) is 9.33. The highest BCUT2D eigenvalue weighted by Crippen LogP contribution is 2.18. The van der Waals surface area contributed by atoms with Crippen molar-refractivity contribution in [2.24, 2.45) is 11.7 Å². The predicted octanol–water partition coefficient (Wildman–Crippen LogP) is 1.37. The third-order valence-corrected chi connectivity index (χ3v) is 3.13. The first-order valence-corrected chi connectivity index (χ1v) is 5.64. The van der Waals surface area contributed by atoms with E-state index in [-0.39, 0.29) is 11.8 Å². The molecule has 0 spiro atoms. The quantitative estimate of drug-likeness (QED) is 0.728. The van der Waals surface area contributed by atoms with Gasteiger partial charge >= 0.3 is 0 Å². The van der Waals surface area contributed by atoms with Gasteiger partial charge in [0.05, 0.1) is 0 Å². The molecule has 0 bridgehead atoms. The highest BCUT2D eigenvalue weighted by molar-refractivity contribution is 5.76. The van der Waals surface area contributed by atoms with Crippen molar-refractivity contribution >= 4 is 5.91 Å². The van der Waals surface area contributed by atoms with E-state index >= 15 is 0 Å². The molecular weight excluding hydrogens is 176 g/mol. The Labute approximate surface area is 86.6 Å². The SMILES string of the molecule is CC(C)N1CCCC(C(N)=O)CCC1. The first-order valence-electron chi connectivity index (χ1n) is 5.64. The van der Waals surface area contributed by atoms with E-state index in [0.717, 1.165) is 38.8 Å². The van der Waals surface area contributed by atoms with Gasteiger partial charge in [0.25, 0.3) is 0 Å². The van der Waals surface area contributed by atoms with E-state index < -0.39 is 0 Å². The minimum atomic E-state index is -0.108. The minimum Gasteiger partial charge on any atom is -0.369 e. The second-order valence-electron chi connectivity index (χ2n) is 4.51. The lowest BCUT2D eigenvalue weighted by molar-refractivity contribution is -0.122. The van der Waals surface area contributed by atoms with Gasteiger partial charge in [0.1, 0.15) is 0 Å². The molecule has 1 rings (SSSR count). The molecule has 0 aliphatic carbocycles. The van der Waals surface area contributed by atoms with Gasteiger partial charge in [-0.1, -0.05) is 0 Å². The number of amides is 1. The van der Waals surface area contributed by atoms with E-state index in [1.165, 1.54) is 0 Å². The van der Waals surface area contributed by atoms with Crippen LogP contribution in [0.2, 0.25) is 0 Å². The summed E-state index contributed by atoms with van der Waals surface area (Å²) in [6, 6.07) is 0.625. The highest BCUT2D eigenvalue weighted by Gasteiger charge is 2.19. The summed E-state index contributed by atoms with van der Waals surface area (Å²) in [5.41, 5.74) is 5.33. The smallest absolute Gasteiger partial charge is 0.220 e. The second kappa shape index (κ2) is 5.35. The summed E-state index contributed by atoms with van der Waals surface area (Å²) in [7, 11) is 0. The second-order valence-corrected chi connectivity index (χ2v) is 4.51. The molecule has 0 aromatic rings. The molecule has 0 radical (unpaired) electrons. The Hall–Kier alpha value is -0.570. The maximum atomic E-state index is 11.0. The van der Waals surface area contributed by atoms with Crippen LogP contribution < -0.4 is 5.73 Å². The fourth-order valence-corrected chi connectivity index (χ4v) is 2.14. The molecule has 1 heterocycles. The van der Waals surface area contributed by atoms with Crippen molar-refractivity contribution in [3.8, 4) is 0 Å². The standard InChI is InChI=1S/C11H22N2O/c1-9(2)13-7-3-5-10(11(12)14)6-4-8-13/h9-10H,3-8H2,1-2H3,(H2,12,14). The van der Waals surface area contributed by atoms with Crippen LogP contribution >= 0.6 is 0 Å². The number of hydrogen-bond acceptors (Lipinski definition) is 2. The molecule has 1 amide bonds. The summed E-state index contributed by atoms with van der Waals surface area (Å²) in [4.78, 5) is 13.5. The summed E-state index contributed by atoms with van der Waals surface area (Å²) in [5.74, 6) is 0.0207. The zero-order chi connectivity index (χ0) is 10.6. The van der Waals surface area contributed by atoms with E-state index in [1.54, 1.807) is 0 Å². The van der Waals surface area contributed by atoms with Gasteiger partial charge in [0.15, 0.2) is 0 Å². The first kappa shape index (κ1) is 11.5. The topological polar surface area (TPSA) is 46.3 Å². The van der Waals surface area contributed by atoms with Crippen LogP contribution in [0.4, 0.5) is 0 Å². The van der Waals surface area contributed by atoms with Crippen LogP contribution in [-0.4, -0.2) is 29.9 Å². The molecule has 3 nitrogen and oxygen atoms in total. The van der Waals surface area contributed by atoms with Crippen molar-refractivity contribution < 1.29 is 4.79 Å². The number of hydrogen-bond donors (Lipinski definition) is 1. The average Bonchev–Trinajstić information content (AvgIpc) is 2.01. The maximum Gasteiger partial charge on any atom is 0.220 e. The van der Waals surface area contributed by atoms with Crippen LogP contribution in [0, 0.1) is 5.92 Å². The van der Waals surface area contributed by atoms with Crippen LogP contribution in [0.15, 0.2) is 0 Å². The van der Waals surface area contributed by atoms with Crippen molar-refractivity contribution in [1.29, 1.82) is 0 Å². The van der Waals surface area contributed by atoms with Crippen molar-refractivity contribution in [1.82, 2.24) is 4.90 Å². The van der Waals surface area contributed by atoms with Crippen molar-refractivity contribution in [3.63, 3.8) is 0 Å². The van der Waals surface area contributed by atoms with Crippen LogP contribution in [-0.2, 0) is 4.79 Å². The van der Waals surface area contributed by atoms with Crippen LogP contribution in [0.3, 0.4) is 0 Å². The molecule has 82 valence electrons. The molecule has 1 saturated heterocycles. The third-order valence-electron chi connectivity index (χ3n) is 3.13. The molecule has 1 aliphatic heterocycles. The van der Waals surface area contributed by atoms with E-state index in [9.17, 15) is 4.79 Å². The number of carbonyl (C=O) groups excluding carboxylic acids is 1. The molecule has 2 N–H and O–H groups in total. The summed E-state index contributed by atoms with van der Waals surface area (Å²) in [6.07, 6.45) is 4.15. The number of nitrogens with two attached hydrogens (primary N) is 1. The molecule has 0 aromatic heterocycles. The van der Waals surface area contributed by atoms with Crippen molar-refractivity contribution in [3.05, 3.63) is 0 Å². The fourth-order valence-electron chi connectivity index (χ4n) is 2.14. The Balaban J connectivity index is 2.39. The molecule has 0 unspecified atom stereocenters. The highest BCUT2D eigenvalue weighted by atomic mass is 16.1. The summed E-state index contributed by atoms with van der Waals surface area (Å²) in [6.45, 7) is 6.68. The number of rotatable bonds is 2. The lowest BCUT2D eigenvalue weighted by Gasteiger charge is -2.29. The monoisotopic (exact) mass is 198 g/mol. The molecule has 0 saturated carbocycles. The Morgan fingerprint density at radius 2 is 1.79 bits per heavy atom. The number of nitrogens with zero attached hydrogens (tertiary/aromatic N) is 1. The van der Waals surface area contributed by atoms with Crippen molar-refractivity contribution in [2.75, 3.05) is 13.1 Å². The van der Waals surface area contributed by atoms with Gasteiger partial charge in [-0.05, 0) is 52.6 Å². The Morgan fingerprint density at radius 1 is 1.29 bits per heavy atom. The van der Waals surface area contributed by atoms with Crippen molar-refractivity contribution in [2.45, 2.75) is 45.6 Å². The summed E-state index contributed by atoms with van der Waals surface area (Å²) >= 11 is 0. The third kappa shape index (κ3) is 3.29. The minimum absolute atomic E-state index is 0.108. The number of primary amides is 1. The van der Waals surface area contributed by atoms with Gasteiger partial charge < -0.3 is 10.6 Å². The van der Waals surface area contributed by atoms with Crippen LogP contribution in [0.5, 0.6) is 0 Å². The van der Waals surface area contributed by atoms with Gasteiger partial charge in [0, 0.05) is 12.0 Å². The van der Waals surface area contributed by atoms with Gasteiger partial charge in [-0.25, -0.2) is 0 Å². The van der Waals surface area contributed by atoms with Gasteiger partial charge in [-0.15, -0.1) is 0 Å². The maximum absolute atomic E-state index is 11.0. The Bertz CT molecular complexity index is 182. The van der Waals surface area contributed by atoms with E-state index in [4.69, 9.17) is 5.73 Å². The Morgan fingerprint density at radius 3 is 2.14 bits per heavy atom. The molecule has 0 atom stereocenters. The largest absolute Gasteiger partial charge is 0.369 e. The molecule has 14 heavy (non-hydrogen) atoms. The fraction of sp³-hybridized carbons (Fsp3) is 0.909. The normalized spacial score (nSPS) is 21.9. The molecule has 0 aromatic carbocycles. The first-order chi connectivity index (χ1) is 6.61. The Kier molecular flexibility index (Phi) is 4.39. The molecule has 1 aliphatic rings. The van der Waals surface area contributed by atoms with Crippen LogP contribution in [0.25, 0.3) is 0 Å². The van der Waals surface area contributed by atoms with E-state index in [0.29, 0.717) is 6.04 Å². The molecule has 1 fully saturated rings. The van der Waals surface area contributed by atoms with Crippen LogP contribution in [0.1, 0.15) is 39.5 Å². The summed E-state index contributed by atoms with van der Waals surface area (Å²) < 4.78 is 0. The lowest BCUT2D eigenvalue weighted by atomic mass is 9.94.